The van der Waals surface area contributed by atoms with Gasteiger partial charge in [0.25, 0.3) is 5.91 Å². The highest BCUT2D eigenvalue weighted by molar-refractivity contribution is 6.07. The molecule has 2 saturated heterocycles. The van der Waals surface area contributed by atoms with Crippen LogP contribution in [0.25, 0.3) is 0 Å². The molecular weight excluding hydrogens is 186 g/mol. The molecular formula is C8H13N3O3. The molecule has 0 bridgehead atoms. The van der Waals surface area contributed by atoms with Gasteiger partial charge in [0, 0.05) is 13.1 Å². The topological polar surface area (TPSA) is 70.7 Å². The lowest BCUT2D eigenvalue weighted by atomic mass is 9.88. The predicted octanol–water partition coefficient (Wildman–Crippen LogP) is -0.778. The Morgan fingerprint density at radius 2 is 2.00 bits per heavy atom. The molecule has 2 rings (SSSR count). The lowest BCUT2D eigenvalue weighted by molar-refractivity contribution is -0.156. The van der Waals surface area contributed by atoms with E-state index in [1.54, 1.807) is 12.2 Å². The third-order valence-corrected chi connectivity index (χ3v) is 2.85. The highest BCUT2D eigenvalue weighted by atomic mass is 16.7. The molecule has 0 radical (unpaired) electrons. The standard InChI is InChI=1S/C8H13N3O3/c1-14-11-4-2-8(3-5-11)6(12)9-7(13)10-8/h2-5H2,1H3,(H2,9,10,12,13). The van der Waals surface area contributed by atoms with Crippen LogP contribution in [0.3, 0.4) is 0 Å². The number of hydrogen-bond acceptors (Lipinski definition) is 4. The van der Waals surface area contributed by atoms with Crippen molar-refractivity contribution in [3.05, 3.63) is 0 Å². The van der Waals surface area contributed by atoms with Crippen LogP contribution in [0.5, 0.6) is 0 Å². The van der Waals surface area contributed by atoms with Crippen LogP contribution in [0.1, 0.15) is 12.8 Å². The summed E-state index contributed by atoms with van der Waals surface area (Å²) >= 11 is 0. The van der Waals surface area contributed by atoms with Crippen LogP contribution in [0.4, 0.5) is 4.79 Å². The Kier molecular flexibility index (Phi) is 2.16. The number of nitrogens with one attached hydrogen (secondary N) is 2. The molecule has 2 heterocycles. The van der Waals surface area contributed by atoms with Crippen molar-refractivity contribution in [2.45, 2.75) is 18.4 Å². The van der Waals surface area contributed by atoms with Crippen molar-refractivity contribution in [3.63, 3.8) is 0 Å². The number of hydroxylamine groups is 2. The van der Waals surface area contributed by atoms with E-state index in [1.165, 1.54) is 0 Å². The van der Waals surface area contributed by atoms with E-state index in [4.69, 9.17) is 4.84 Å². The lowest BCUT2D eigenvalue weighted by Gasteiger charge is -2.35. The molecule has 2 aliphatic rings. The van der Waals surface area contributed by atoms with E-state index in [-0.39, 0.29) is 11.9 Å². The molecule has 6 nitrogen and oxygen atoms in total. The van der Waals surface area contributed by atoms with E-state index in [9.17, 15) is 9.59 Å². The molecule has 6 heteroatoms. The first-order valence-corrected chi connectivity index (χ1v) is 4.59. The number of piperidine rings is 1. The van der Waals surface area contributed by atoms with Gasteiger partial charge in [-0.25, -0.2) is 4.79 Å². The van der Waals surface area contributed by atoms with Gasteiger partial charge in [0.15, 0.2) is 0 Å². The number of imide groups is 1. The predicted molar refractivity (Wildman–Crippen MR) is 47.2 cm³/mol. The minimum atomic E-state index is -0.688. The van der Waals surface area contributed by atoms with E-state index >= 15 is 0 Å². The Bertz CT molecular complexity index is 271. The first kappa shape index (κ1) is 9.42. The van der Waals surface area contributed by atoms with E-state index in [2.05, 4.69) is 10.6 Å². The molecule has 0 atom stereocenters. The summed E-state index contributed by atoms with van der Waals surface area (Å²) in [5.41, 5.74) is -0.688. The van der Waals surface area contributed by atoms with Crippen LogP contribution in [-0.4, -0.2) is 42.7 Å². The van der Waals surface area contributed by atoms with Gasteiger partial charge in [-0.3, -0.25) is 10.1 Å². The molecule has 0 aliphatic carbocycles. The molecule has 14 heavy (non-hydrogen) atoms. The van der Waals surface area contributed by atoms with Crippen LogP contribution in [0.15, 0.2) is 0 Å². The number of carbonyl (C=O) groups excluding carboxylic acids is 2. The van der Waals surface area contributed by atoms with Crippen LogP contribution < -0.4 is 10.6 Å². The second-order valence-corrected chi connectivity index (χ2v) is 3.60. The minimum absolute atomic E-state index is 0.210. The highest BCUT2D eigenvalue weighted by Crippen LogP contribution is 2.25. The second kappa shape index (κ2) is 3.21. The van der Waals surface area contributed by atoms with Crippen LogP contribution in [0.2, 0.25) is 0 Å². The molecule has 0 aromatic heterocycles. The van der Waals surface area contributed by atoms with Gasteiger partial charge in [0.2, 0.25) is 0 Å². The largest absolute Gasteiger partial charge is 0.323 e. The van der Waals surface area contributed by atoms with E-state index in [1.807, 2.05) is 0 Å². The normalized spacial score (nSPS) is 26.4. The molecule has 2 fully saturated rings. The van der Waals surface area contributed by atoms with Crippen molar-refractivity contribution in [2.75, 3.05) is 20.2 Å². The van der Waals surface area contributed by atoms with Crippen LogP contribution in [-0.2, 0) is 9.63 Å². The van der Waals surface area contributed by atoms with Gasteiger partial charge in [0.05, 0.1) is 7.11 Å². The van der Waals surface area contributed by atoms with Crippen LogP contribution >= 0.6 is 0 Å². The van der Waals surface area contributed by atoms with Gasteiger partial charge in [0.1, 0.15) is 5.54 Å². The fourth-order valence-corrected chi connectivity index (χ4v) is 1.93. The molecule has 0 unspecified atom stereocenters. The Hall–Kier alpha value is -1.14. The van der Waals surface area contributed by atoms with Crippen molar-refractivity contribution in [1.82, 2.24) is 15.7 Å². The van der Waals surface area contributed by atoms with E-state index in [0.29, 0.717) is 25.9 Å². The Labute approximate surface area is 81.5 Å². The third-order valence-electron chi connectivity index (χ3n) is 2.85. The van der Waals surface area contributed by atoms with Gasteiger partial charge in [-0.1, -0.05) is 0 Å². The lowest BCUT2D eigenvalue weighted by Crippen LogP contribution is -2.54. The van der Waals surface area contributed by atoms with Crippen molar-refractivity contribution in [2.24, 2.45) is 0 Å². The Balaban J connectivity index is 2.05. The highest BCUT2D eigenvalue weighted by Gasteiger charge is 2.47. The van der Waals surface area contributed by atoms with Crippen molar-refractivity contribution in [1.29, 1.82) is 0 Å². The summed E-state index contributed by atoms with van der Waals surface area (Å²) < 4.78 is 0. The number of urea groups is 1. The minimum Gasteiger partial charge on any atom is -0.323 e. The number of nitrogens with zero attached hydrogens (tertiary/aromatic N) is 1. The SMILES string of the molecule is CON1CCC2(CC1)NC(=O)NC2=O. The first-order valence-electron chi connectivity index (χ1n) is 4.59. The van der Waals surface area contributed by atoms with Crippen LogP contribution in [0, 0.1) is 0 Å². The first-order chi connectivity index (χ1) is 6.66. The third kappa shape index (κ3) is 1.36. The number of amides is 3. The molecule has 78 valence electrons. The quantitative estimate of drug-likeness (QED) is 0.544. The fourth-order valence-electron chi connectivity index (χ4n) is 1.93. The van der Waals surface area contributed by atoms with Gasteiger partial charge in [-0.15, -0.1) is 0 Å². The van der Waals surface area contributed by atoms with Gasteiger partial charge < -0.3 is 10.2 Å². The molecule has 2 N–H and O–H groups in total. The molecule has 0 aromatic rings. The summed E-state index contributed by atoms with van der Waals surface area (Å²) in [5, 5.41) is 6.72. The summed E-state index contributed by atoms with van der Waals surface area (Å²) in [6.07, 6.45) is 1.19. The van der Waals surface area contributed by atoms with Crippen molar-refractivity contribution in [3.8, 4) is 0 Å². The zero-order valence-corrected chi connectivity index (χ0v) is 8.00. The fraction of sp³-hybridized carbons (Fsp3) is 0.750. The monoisotopic (exact) mass is 199 g/mol. The maximum absolute atomic E-state index is 11.5. The van der Waals surface area contributed by atoms with E-state index < -0.39 is 5.54 Å². The maximum Gasteiger partial charge on any atom is 0.322 e. The van der Waals surface area contributed by atoms with Crippen molar-refractivity contribution < 1.29 is 14.4 Å². The number of rotatable bonds is 1. The number of carbonyl (C=O) groups is 2. The molecule has 0 saturated carbocycles. The zero-order valence-electron chi connectivity index (χ0n) is 8.00. The summed E-state index contributed by atoms with van der Waals surface area (Å²) in [6, 6.07) is -0.388. The van der Waals surface area contributed by atoms with E-state index in [0.717, 1.165) is 0 Å². The smallest absolute Gasteiger partial charge is 0.322 e. The summed E-state index contributed by atoms with van der Waals surface area (Å²) in [5.74, 6) is -0.210. The summed E-state index contributed by atoms with van der Waals surface area (Å²) in [7, 11) is 1.60. The van der Waals surface area contributed by atoms with Gasteiger partial charge >= 0.3 is 6.03 Å². The average Bonchev–Trinajstić information content (AvgIpc) is 2.43. The summed E-state index contributed by atoms with van der Waals surface area (Å²) in [6.45, 7) is 1.31. The zero-order chi connectivity index (χ0) is 10.2. The molecule has 3 amide bonds. The number of hydrogen-bond donors (Lipinski definition) is 2. The summed E-state index contributed by atoms with van der Waals surface area (Å²) in [4.78, 5) is 27.5. The Morgan fingerprint density at radius 1 is 1.36 bits per heavy atom. The Morgan fingerprint density at radius 3 is 2.43 bits per heavy atom. The maximum atomic E-state index is 11.5. The van der Waals surface area contributed by atoms with Gasteiger partial charge in [-0.2, -0.15) is 5.06 Å². The average molecular weight is 199 g/mol. The molecule has 0 aromatic carbocycles. The van der Waals surface area contributed by atoms with Crippen molar-refractivity contribution >= 4 is 11.9 Å². The molecule has 2 aliphatic heterocycles. The molecule has 1 spiro atoms. The second-order valence-electron chi connectivity index (χ2n) is 3.60. The van der Waals surface area contributed by atoms with Gasteiger partial charge in [-0.05, 0) is 12.8 Å².